The molecular formula is C18H22N4O3. The number of furan rings is 1. The third kappa shape index (κ3) is 3.58. The molecule has 0 aliphatic carbocycles. The SMILES string of the molecule is O[C@H](COCc1ccco1)CN1CCC[C@@H]1c1nnc2ccccn12. The van der Waals surface area contributed by atoms with E-state index in [1.54, 1.807) is 6.26 Å². The molecule has 0 unspecified atom stereocenters. The third-order valence-corrected chi connectivity index (χ3v) is 4.58. The van der Waals surface area contributed by atoms with Crippen LogP contribution < -0.4 is 0 Å². The first kappa shape index (κ1) is 16.3. The van der Waals surface area contributed by atoms with Crippen molar-refractivity contribution in [2.75, 3.05) is 19.7 Å². The Balaban J connectivity index is 1.36. The van der Waals surface area contributed by atoms with E-state index in [4.69, 9.17) is 9.15 Å². The lowest BCUT2D eigenvalue weighted by Crippen LogP contribution is -2.35. The van der Waals surface area contributed by atoms with E-state index in [1.807, 2.05) is 40.9 Å². The summed E-state index contributed by atoms with van der Waals surface area (Å²) in [7, 11) is 0. The number of hydrogen-bond acceptors (Lipinski definition) is 6. The highest BCUT2D eigenvalue weighted by Crippen LogP contribution is 2.31. The summed E-state index contributed by atoms with van der Waals surface area (Å²) in [6.07, 6.45) is 5.17. The lowest BCUT2D eigenvalue weighted by atomic mass is 10.2. The number of rotatable bonds is 7. The van der Waals surface area contributed by atoms with Crippen molar-refractivity contribution in [1.82, 2.24) is 19.5 Å². The summed E-state index contributed by atoms with van der Waals surface area (Å²) < 4.78 is 12.8. The van der Waals surface area contributed by atoms with E-state index in [9.17, 15) is 5.11 Å². The molecule has 0 bridgehead atoms. The van der Waals surface area contributed by atoms with Crippen LogP contribution in [0.25, 0.3) is 5.65 Å². The average Bonchev–Trinajstić information content (AvgIpc) is 3.34. The normalized spacial score (nSPS) is 19.6. The molecule has 7 heteroatoms. The Labute approximate surface area is 145 Å². The zero-order chi connectivity index (χ0) is 17.1. The predicted octanol–water partition coefficient (Wildman–Crippen LogP) is 2.04. The number of nitrogens with zero attached hydrogens (tertiary/aromatic N) is 4. The van der Waals surface area contributed by atoms with Crippen molar-refractivity contribution in [3.63, 3.8) is 0 Å². The van der Waals surface area contributed by atoms with Crippen molar-refractivity contribution in [2.24, 2.45) is 0 Å². The van der Waals surface area contributed by atoms with Gasteiger partial charge in [0.1, 0.15) is 12.4 Å². The van der Waals surface area contributed by atoms with Gasteiger partial charge in [-0.05, 0) is 43.7 Å². The largest absolute Gasteiger partial charge is 0.467 e. The van der Waals surface area contributed by atoms with E-state index in [0.717, 1.165) is 36.6 Å². The minimum Gasteiger partial charge on any atom is -0.467 e. The molecule has 1 aliphatic rings. The molecule has 1 N–H and O–H groups in total. The molecule has 25 heavy (non-hydrogen) atoms. The van der Waals surface area contributed by atoms with Gasteiger partial charge in [0.15, 0.2) is 11.5 Å². The first-order chi connectivity index (χ1) is 12.3. The first-order valence-electron chi connectivity index (χ1n) is 8.63. The molecule has 7 nitrogen and oxygen atoms in total. The van der Waals surface area contributed by atoms with Gasteiger partial charge in [-0.1, -0.05) is 6.07 Å². The summed E-state index contributed by atoms with van der Waals surface area (Å²) in [5.74, 6) is 1.71. The lowest BCUT2D eigenvalue weighted by molar-refractivity contribution is 0.00258. The maximum Gasteiger partial charge on any atom is 0.160 e. The molecule has 0 radical (unpaired) electrons. The van der Waals surface area contributed by atoms with Crippen LogP contribution in [0.4, 0.5) is 0 Å². The lowest BCUT2D eigenvalue weighted by Gasteiger charge is -2.25. The Bertz CT molecular complexity index is 802. The quantitative estimate of drug-likeness (QED) is 0.708. The van der Waals surface area contributed by atoms with Crippen LogP contribution >= 0.6 is 0 Å². The van der Waals surface area contributed by atoms with Gasteiger partial charge in [0.25, 0.3) is 0 Å². The summed E-state index contributed by atoms with van der Waals surface area (Å²) >= 11 is 0. The molecule has 132 valence electrons. The summed E-state index contributed by atoms with van der Waals surface area (Å²) in [4.78, 5) is 2.27. The second-order valence-corrected chi connectivity index (χ2v) is 6.39. The zero-order valence-electron chi connectivity index (χ0n) is 14.0. The highest BCUT2D eigenvalue weighted by atomic mass is 16.5. The van der Waals surface area contributed by atoms with Crippen LogP contribution in [0.3, 0.4) is 0 Å². The maximum atomic E-state index is 10.3. The number of aliphatic hydroxyl groups is 1. The van der Waals surface area contributed by atoms with Crippen LogP contribution in [0, 0.1) is 0 Å². The van der Waals surface area contributed by atoms with Gasteiger partial charge in [0.2, 0.25) is 0 Å². The minimum absolute atomic E-state index is 0.178. The molecule has 2 atom stereocenters. The Morgan fingerprint density at radius 3 is 3.12 bits per heavy atom. The van der Waals surface area contributed by atoms with Crippen LogP contribution in [0.5, 0.6) is 0 Å². The summed E-state index contributed by atoms with van der Waals surface area (Å²) in [6.45, 7) is 2.17. The standard InChI is InChI=1S/C18H22N4O3/c23-14(12-24-13-15-5-4-10-25-15)11-21-8-3-6-16(21)18-20-19-17-7-1-2-9-22(17)18/h1-2,4-5,7,9-10,14,16,23H,3,6,8,11-13H2/t14-,16+/m0/s1. The fraction of sp³-hybridized carbons (Fsp3) is 0.444. The molecular weight excluding hydrogens is 320 g/mol. The van der Waals surface area contributed by atoms with Gasteiger partial charge in [-0.15, -0.1) is 10.2 Å². The van der Waals surface area contributed by atoms with Crippen molar-refractivity contribution in [2.45, 2.75) is 31.6 Å². The van der Waals surface area contributed by atoms with Crippen molar-refractivity contribution in [1.29, 1.82) is 0 Å². The minimum atomic E-state index is -0.547. The number of likely N-dealkylation sites (tertiary alicyclic amines) is 1. The number of pyridine rings is 1. The Hall–Kier alpha value is -2.22. The Morgan fingerprint density at radius 2 is 2.24 bits per heavy atom. The van der Waals surface area contributed by atoms with Crippen molar-refractivity contribution < 1.29 is 14.3 Å². The Morgan fingerprint density at radius 1 is 1.28 bits per heavy atom. The van der Waals surface area contributed by atoms with Crippen LogP contribution in [0.15, 0.2) is 47.2 Å². The van der Waals surface area contributed by atoms with Gasteiger partial charge in [-0.3, -0.25) is 9.30 Å². The van der Waals surface area contributed by atoms with Gasteiger partial charge in [-0.25, -0.2) is 0 Å². The predicted molar refractivity (Wildman–Crippen MR) is 90.9 cm³/mol. The number of aliphatic hydroxyl groups excluding tert-OH is 1. The monoisotopic (exact) mass is 342 g/mol. The maximum absolute atomic E-state index is 10.3. The summed E-state index contributed by atoms with van der Waals surface area (Å²) in [6, 6.07) is 9.76. The van der Waals surface area contributed by atoms with Gasteiger partial charge in [-0.2, -0.15) is 0 Å². The summed E-state index contributed by atoms with van der Waals surface area (Å²) in [5.41, 5.74) is 0.853. The van der Waals surface area contributed by atoms with E-state index in [-0.39, 0.29) is 12.6 Å². The number of ether oxygens (including phenoxy) is 1. The van der Waals surface area contributed by atoms with Crippen molar-refractivity contribution in [3.05, 3.63) is 54.4 Å². The molecule has 1 fully saturated rings. The van der Waals surface area contributed by atoms with Crippen molar-refractivity contribution >= 4 is 5.65 Å². The molecule has 0 saturated carbocycles. The zero-order valence-corrected chi connectivity index (χ0v) is 14.0. The number of hydrogen-bond donors (Lipinski definition) is 1. The van der Waals surface area contributed by atoms with Crippen LogP contribution in [-0.4, -0.2) is 50.4 Å². The van der Waals surface area contributed by atoms with E-state index >= 15 is 0 Å². The topological polar surface area (TPSA) is 76.0 Å². The van der Waals surface area contributed by atoms with E-state index in [1.165, 1.54) is 0 Å². The molecule has 3 aromatic rings. The van der Waals surface area contributed by atoms with Gasteiger partial charge in [0, 0.05) is 12.7 Å². The molecule has 0 aromatic carbocycles. The highest BCUT2D eigenvalue weighted by molar-refractivity contribution is 5.37. The molecule has 0 amide bonds. The second kappa shape index (κ2) is 7.35. The smallest absolute Gasteiger partial charge is 0.160 e. The molecule has 4 rings (SSSR count). The fourth-order valence-corrected chi connectivity index (χ4v) is 3.44. The van der Waals surface area contributed by atoms with Gasteiger partial charge in [0.05, 0.1) is 25.0 Å². The van der Waals surface area contributed by atoms with E-state index in [2.05, 4.69) is 15.1 Å². The van der Waals surface area contributed by atoms with Crippen LogP contribution in [0.2, 0.25) is 0 Å². The van der Waals surface area contributed by atoms with Crippen molar-refractivity contribution in [3.8, 4) is 0 Å². The molecule has 4 heterocycles. The molecule has 3 aromatic heterocycles. The second-order valence-electron chi connectivity index (χ2n) is 6.39. The molecule has 1 aliphatic heterocycles. The summed E-state index contributed by atoms with van der Waals surface area (Å²) in [5, 5.41) is 18.9. The Kier molecular flexibility index (Phi) is 4.78. The van der Waals surface area contributed by atoms with E-state index < -0.39 is 6.10 Å². The first-order valence-corrected chi connectivity index (χ1v) is 8.63. The van der Waals surface area contributed by atoms with Crippen LogP contribution in [0.1, 0.15) is 30.5 Å². The number of aromatic nitrogens is 3. The van der Waals surface area contributed by atoms with Gasteiger partial charge < -0.3 is 14.3 Å². The highest BCUT2D eigenvalue weighted by Gasteiger charge is 2.31. The average molecular weight is 342 g/mol. The molecule has 1 saturated heterocycles. The van der Waals surface area contributed by atoms with Crippen LogP contribution in [-0.2, 0) is 11.3 Å². The molecule has 0 spiro atoms. The number of β-amino-alcohol motifs (C(OH)–C–C–N with tert-alkyl or cyclic N) is 1. The third-order valence-electron chi connectivity index (χ3n) is 4.58. The van der Waals surface area contributed by atoms with Gasteiger partial charge >= 0.3 is 0 Å². The fourth-order valence-electron chi connectivity index (χ4n) is 3.44. The van der Waals surface area contributed by atoms with E-state index in [0.29, 0.717) is 13.2 Å². The number of fused-ring (bicyclic) bond motifs is 1.